The van der Waals surface area contributed by atoms with Crippen molar-refractivity contribution in [1.82, 2.24) is 9.88 Å². The number of hydrogen-bond donors (Lipinski definition) is 0. The van der Waals surface area contributed by atoms with Crippen LogP contribution >= 0.6 is 0 Å². The molecule has 1 aliphatic rings. The SMILES string of the molecule is c1ccc(N2CCN(CCCCCc3nc4ccccc4o3)CC2)cc1. The zero-order chi connectivity index (χ0) is 17.6. The zero-order valence-corrected chi connectivity index (χ0v) is 15.3. The summed E-state index contributed by atoms with van der Waals surface area (Å²) in [5.74, 6) is 0.877. The summed E-state index contributed by atoms with van der Waals surface area (Å²) in [6, 6.07) is 18.8. The van der Waals surface area contributed by atoms with Crippen LogP contribution in [-0.4, -0.2) is 42.6 Å². The Labute approximate surface area is 155 Å². The van der Waals surface area contributed by atoms with Crippen LogP contribution in [0.15, 0.2) is 59.0 Å². The van der Waals surface area contributed by atoms with Gasteiger partial charge in [-0.2, -0.15) is 0 Å². The normalized spacial score (nSPS) is 15.6. The summed E-state index contributed by atoms with van der Waals surface area (Å²) in [4.78, 5) is 9.64. The number of hydrogen-bond acceptors (Lipinski definition) is 4. The van der Waals surface area contributed by atoms with Crippen LogP contribution in [0.5, 0.6) is 0 Å². The molecule has 2 heterocycles. The van der Waals surface area contributed by atoms with Gasteiger partial charge in [0.2, 0.25) is 0 Å². The van der Waals surface area contributed by atoms with Crippen LogP contribution in [0.1, 0.15) is 25.2 Å². The Balaban J connectivity index is 1.13. The highest BCUT2D eigenvalue weighted by Gasteiger charge is 2.16. The van der Waals surface area contributed by atoms with Crippen molar-refractivity contribution in [3.05, 3.63) is 60.5 Å². The smallest absolute Gasteiger partial charge is 0.195 e. The molecule has 1 fully saturated rings. The lowest BCUT2D eigenvalue weighted by Gasteiger charge is -2.36. The summed E-state index contributed by atoms with van der Waals surface area (Å²) in [6.45, 7) is 5.80. The van der Waals surface area contributed by atoms with Crippen molar-refractivity contribution in [3.8, 4) is 0 Å². The molecular formula is C22H27N3O. The number of para-hydroxylation sites is 3. The highest BCUT2D eigenvalue weighted by atomic mass is 16.3. The number of aryl methyl sites for hydroxylation is 1. The molecule has 0 saturated carbocycles. The average molecular weight is 349 g/mol. The molecule has 1 saturated heterocycles. The van der Waals surface area contributed by atoms with E-state index in [0.29, 0.717) is 0 Å². The Morgan fingerprint density at radius 2 is 1.58 bits per heavy atom. The van der Waals surface area contributed by atoms with Crippen molar-refractivity contribution in [2.75, 3.05) is 37.6 Å². The first-order valence-corrected chi connectivity index (χ1v) is 9.75. The van der Waals surface area contributed by atoms with Crippen LogP contribution in [-0.2, 0) is 6.42 Å². The van der Waals surface area contributed by atoms with E-state index in [1.807, 2.05) is 24.3 Å². The van der Waals surface area contributed by atoms with Gasteiger partial charge in [-0.15, -0.1) is 0 Å². The summed E-state index contributed by atoms with van der Waals surface area (Å²) in [5.41, 5.74) is 3.23. The molecule has 0 bridgehead atoms. The van der Waals surface area contributed by atoms with Crippen LogP contribution < -0.4 is 4.90 Å². The molecular weight excluding hydrogens is 322 g/mol. The van der Waals surface area contributed by atoms with E-state index in [1.165, 1.54) is 38.2 Å². The minimum Gasteiger partial charge on any atom is -0.441 e. The van der Waals surface area contributed by atoms with Gasteiger partial charge in [-0.05, 0) is 43.7 Å². The lowest BCUT2D eigenvalue weighted by molar-refractivity contribution is 0.252. The molecule has 1 aromatic heterocycles. The van der Waals surface area contributed by atoms with Crippen molar-refractivity contribution in [2.24, 2.45) is 0 Å². The molecule has 1 aliphatic heterocycles. The summed E-state index contributed by atoms with van der Waals surface area (Å²) >= 11 is 0. The van der Waals surface area contributed by atoms with Gasteiger partial charge in [0.05, 0.1) is 0 Å². The highest BCUT2D eigenvalue weighted by molar-refractivity contribution is 5.72. The number of benzene rings is 2. The highest BCUT2D eigenvalue weighted by Crippen LogP contribution is 2.17. The van der Waals surface area contributed by atoms with Gasteiger partial charge in [-0.1, -0.05) is 36.8 Å². The maximum Gasteiger partial charge on any atom is 0.195 e. The second-order valence-corrected chi connectivity index (χ2v) is 7.05. The van der Waals surface area contributed by atoms with Crippen LogP contribution in [0.4, 0.5) is 5.69 Å². The van der Waals surface area contributed by atoms with Crippen LogP contribution in [0.25, 0.3) is 11.1 Å². The molecule has 4 rings (SSSR count). The number of fused-ring (bicyclic) bond motifs is 1. The topological polar surface area (TPSA) is 32.5 Å². The Bertz CT molecular complexity index is 773. The van der Waals surface area contributed by atoms with Gasteiger partial charge in [-0.25, -0.2) is 4.98 Å². The maximum atomic E-state index is 5.79. The molecule has 0 atom stereocenters. The lowest BCUT2D eigenvalue weighted by atomic mass is 10.1. The molecule has 4 heteroatoms. The molecule has 0 N–H and O–H groups in total. The minimum absolute atomic E-state index is 0.877. The molecule has 0 aliphatic carbocycles. The van der Waals surface area contributed by atoms with E-state index in [1.54, 1.807) is 0 Å². The van der Waals surface area contributed by atoms with Crippen molar-refractivity contribution in [3.63, 3.8) is 0 Å². The molecule has 0 spiro atoms. The van der Waals surface area contributed by atoms with Gasteiger partial charge >= 0.3 is 0 Å². The molecule has 0 amide bonds. The summed E-state index contributed by atoms with van der Waals surface area (Å²) in [7, 11) is 0. The predicted molar refractivity (Wildman–Crippen MR) is 107 cm³/mol. The van der Waals surface area contributed by atoms with E-state index in [0.717, 1.165) is 42.9 Å². The van der Waals surface area contributed by atoms with Gasteiger partial charge in [-0.3, -0.25) is 4.90 Å². The molecule has 26 heavy (non-hydrogen) atoms. The van der Waals surface area contributed by atoms with Crippen LogP contribution in [0.3, 0.4) is 0 Å². The van der Waals surface area contributed by atoms with E-state index in [9.17, 15) is 0 Å². The summed E-state index contributed by atoms with van der Waals surface area (Å²) in [6.07, 6.45) is 4.58. The lowest BCUT2D eigenvalue weighted by Crippen LogP contribution is -2.46. The zero-order valence-electron chi connectivity index (χ0n) is 15.3. The van der Waals surface area contributed by atoms with Gasteiger partial charge in [0.1, 0.15) is 5.52 Å². The second kappa shape index (κ2) is 8.37. The van der Waals surface area contributed by atoms with E-state index in [4.69, 9.17) is 4.42 Å². The first-order chi connectivity index (χ1) is 12.9. The number of unbranched alkanes of at least 4 members (excludes halogenated alkanes) is 2. The number of aromatic nitrogens is 1. The van der Waals surface area contributed by atoms with Gasteiger partial charge < -0.3 is 9.32 Å². The maximum absolute atomic E-state index is 5.79. The standard InChI is InChI=1S/C22H27N3O/c1-3-9-19(10-4-1)25-17-15-24(16-18-25)14-8-2-5-13-22-23-20-11-6-7-12-21(20)26-22/h1,3-4,6-7,9-12H,2,5,8,13-18H2. The fraction of sp³-hybridized carbons (Fsp3) is 0.409. The Morgan fingerprint density at radius 1 is 0.808 bits per heavy atom. The van der Waals surface area contributed by atoms with Gasteiger partial charge in [0, 0.05) is 38.3 Å². The predicted octanol–water partition coefficient (Wildman–Crippen LogP) is 4.36. The number of rotatable bonds is 7. The number of anilines is 1. The number of oxazole rings is 1. The van der Waals surface area contributed by atoms with Crippen LogP contribution in [0.2, 0.25) is 0 Å². The molecule has 0 radical (unpaired) electrons. The fourth-order valence-corrected chi connectivity index (χ4v) is 3.68. The quantitative estimate of drug-likeness (QED) is 0.593. The monoisotopic (exact) mass is 349 g/mol. The Kier molecular flexibility index (Phi) is 5.50. The first kappa shape index (κ1) is 17.1. The van der Waals surface area contributed by atoms with E-state index < -0.39 is 0 Å². The summed E-state index contributed by atoms with van der Waals surface area (Å²) < 4.78 is 5.79. The Hall–Kier alpha value is -2.33. The molecule has 0 unspecified atom stereocenters. The van der Waals surface area contributed by atoms with Crippen molar-refractivity contribution in [2.45, 2.75) is 25.7 Å². The van der Waals surface area contributed by atoms with Gasteiger partial charge in [0.25, 0.3) is 0 Å². The molecule has 136 valence electrons. The third kappa shape index (κ3) is 4.25. The Morgan fingerprint density at radius 3 is 2.38 bits per heavy atom. The first-order valence-electron chi connectivity index (χ1n) is 9.75. The average Bonchev–Trinajstić information content (AvgIpc) is 3.12. The third-order valence-electron chi connectivity index (χ3n) is 5.20. The van der Waals surface area contributed by atoms with Crippen molar-refractivity contribution in [1.29, 1.82) is 0 Å². The van der Waals surface area contributed by atoms with E-state index in [2.05, 4.69) is 45.1 Å². The largest absolute Gasteiger partial charge is 0.441 e. The van der Waals surface area contributed by atoms with Crippen LogP contribution in [0, 0.1) is 0 Å². The van der Waals surface area contributed by atoms with Crippen molar-refractivity contribution < 1.29 is 4.42 Å². The number of piperazine rings is 1. The second-order valence-electron chi connectivity index (χ2n) is 7.05. The van der Waals surface area contributed by atoms with E-state index >= 15 is 0 Å². The molecule has 3 aromatic rings. The molecule has 2 aromatic carbocycles. The third-order valence-corrected chi connectivity index (χ3v) is 5.20. The molecule has 4 nitrogen and oxygen atoms in total. The minimum atomic E-state index is 0.877. The van der Waals surface area contributed by atoms with Gasteiger partial charge in [0.15, 0.2) is 11.5 Å². The fourth-order valence-electron chi connectivity index (χ4n) is 3.68. The summed E-state index contributed by atoms with van der Waals surface area (Å²) in [5, 5.41) is 0. The van der Waals surface area contributed by atoms with E-state index in [-0.39, 0.29) is 0 Å². The van der Waals surface area contributed by atoms with Crippen molar-refractivity contribution >= 4 is 16.8 Å². The number of nitrogens with zero attached hydrogens (tertiary/aromatic N) is 3.